The Balaban J connectivity index is 1.72. The maximum Gasteiger partial charge on any atom is 0.425 e. The van der Waals surface area contributed by atoms with Crippen LogP contribution < -0.4 is 10.9 Å². The lowest BCUT2D eigenvalue weighted by molar-refractivity contribution is -0.139. The molecule has 34 heavy (non-hydrogen) atoms. The molecule has 174 valence electrons. The summed E-state index contributed by atoms with van der Waals surface area (Å²) in [4.78, 5) is 29.8. The summed E-state index contributed by atoms with van der Waals surface area (Å²) >= 11 is 3.53. The van der Waals surface area contributed by atoms with Crippen LogP contribution in [0.25, 0.3) is 0 Å². The van der Waals surface area contributed by atoms with Crippen LogP contribution in [0.15, 0.2) is 82.3 Å². The number of carbonyl (C=O) groups is 2. The Bertz CT molecular complexity index is 1230. The Morgan fingerprint density at radius 2 is 1.82 bits per heavy atom. The van der Waals surface area contributed by atoms with Crippen molar-refractivity contribution in [2.24, 2.45) is 4.99 Å². The molecule has 0 unspecified atom stereocenters. The van der Waals surface area contributed by atoms with Gasteiger partial charge in [0.1, 0.15) is 0 Å². The van der Waals surface area contributed by atoms with E-state index in [0.29, 0.717) is 28.0 Å². The van der Waals surface area contributed by atoms with Crippen LogP contribution in [-0.2, 0) is 26.2 Å². The molecule has 0 spiro atoms. The first kappa shape index (κ1) is 23.5. The van der Waals surface area contributed by atoms with Crippen molar-refractivity contribution in [1.82, 2.24) is 5.43 Å². The number of nitrogens with one attached hydrogen (secondary N) is 2. The number of benzene rings is 3. The molecule has 1 heterocycles. The maximum absolute atomic E-state index is 13.4. The van der Waals surface area contributed by atoms with Crippen LogP contribution in [0.2, 0.25) is 0 Å². The zero-order valence-corrected chi connectivity index (χ0v) is 20.4. The van der Waals surface area contributed by atoms with E-state index in [1.807, 2.05) is 61.5 Å². The van der Waals surface area contributed by atoms with Crippen LogP contribution in [0.5, 0.6) is 0 Å². The van der Waals surface area contributed by atoms with Gasteiger partial charge in [0.15, 0.2) is 5.54 Å². The minimum Gasteiger partial charge on any atom is -0.449 e. The molecule has 0 saturated heterocycles. The summed E-state index contributed by atoms with van der Waals surface area (Å²) in [5.41, 5.74) is 8.07. The van der Waals surface area contributed by atoms with Crippen LogP contribution in [-0.4, -0.2) is 24.6 Å². The van der Waals surface area contributed by atoms with Crippen molar-refractivity contribution in [3.8, 4) is 0 Å². The normalized spacial score (nSPS) is 17.0. The fourth-order valence-electron chi connectivity index (χ4n) is 3.68. The fourth-order valence-corrected chi connectivity index (χ4v) is 4.16. The number of nitrogens with zero attached hydrogens (tertiary/aromatic N) is 1. The van der Waals surface area contributed by atoms with E-state index in [0.717, 1.165) is 16.7 Å². The number of anilines is 1. The second-order valence-corrected chi connectivity index (χ2v) is 8.71. The van der Waals surface area contributed by atoms with Gasteiger partial charge in [-0.1, -0.05) is 54.1 Å². The largest absolute Gasteiger partial charge is 0.449 e. The third-order valence-electron chi connectivity index (χ3n) is 5.44. The lowest BCUT2D eigenvalue weighted by Crippen LogP contribution is -2.34. The average molecular weight is 522 g/mol. The summed E-state index contributed by atoms with van der Waals surface area (Å²) in [5, 5.41) is 0. The number of carbonyl (C=O) groups excluding carboxylic acids is 2. The Kier molecular flexibility index (Phi) is 6.98. The van der Waals surface area contributed by atoms with E-state index in [9.17, 15) is 9.59 Å². The summed E-state index contributed by atoms with van der Waals surface area (Å²) in [6.45, 7) is 3.98. The van der Waals surface area contributed by atoms with Gasteiger partial charge in [-0.05, 0) is 65.2 Å². The number of aryl methyl sites for hydroxylation is 1. The summed E-state index contributed by atoms with van der Waals surface area (Å²) in [7, 11) is 0. The number of halogens is 1. The van der Waals surface area contributed by atoms with Gasteiger partial charge in [0, 0.05) is 16.5 Å². The van der Waals surface area contributed by atoms with Crippen LogP contribution in [0.3, 0.4) is 0 Å². The van der Waals surface area contributed by atoms with Gasteiger partial charge >= 0.3 is 12.1 Å². The predicted molar refractivity (Wildman–Crippen MR) is 134 cm³/mol. The molecule has 0 bridgehead atoms. The molecule has 7 nitrogen and oxygen atoms in total. The summed E-state index contributed by atoms with van der Waals surface area (Å²) in [6.07, 6.45) is -0.256. The van der Waals surface area contributed by atoms with Crippen molar-refractivity contribution in [1.29, 1.82) is 0 Å². The van der Waals surface area contributed by atoms with E-state index in [4.69, 9.17) is 14.5 Å². The van der Waals surface area contributed by atoms with Gasteiger partial charge in [0.2, 0.25) is 5.90 Å². The third kappa shape index (κ3) is 4.97. The molecule has 0 aromatic heterocycles. The van der Waals surface area contributed by atoms with Gasteiger partial charge in [-0.25, -0.2) is 20.0 Å². The van der Waals surface area contributed by atoms with Crippen LogP contribution in [0, 0.1) is 6.92 Å². The molecule has 3 aromatic carbocycles. The van der Waals surface area contributed by atoms with Gasteiger partial charge in [-0.2, -0.15) is 0 Å². The smallest absolute Gasteiger partial charge is 0.425 e. The third-order valence-corrected chi connectivity index (χ3v) is 6.10. The number of hydrogen-bond donors (Lipinski definition) is 2. The number of rotatable bonds is 7. The standard InChI is InChI=1S/C26H24BrN3O4/c1-3-33-25(32)30-29-22-14-13-20(15-21(22)27)26(16-18-7-5-4-6-8-18)24(31)34-23(28-26)19-11-9-17(2)10-12-19/h4-15,29H,3,16H2,1-2H3,(H,30,32)/t26-/m1/s1. The van der Waals surface area contributed by atoms with Crippen molar-refractivity contribution in [2.45, 2.75) is 25.8 Å². The number of ether oxygens (including phenoxy) is 2. The molecule has 1 atom stereocenters. The van der Waals surface area contributed by atoms with Crippen molar-refractivity contribution in [3.63, 3.8) is 0 Å². The van der Waals surface area contributed by atoms with Gasteiger partial charge in [0.25, 0.3) is 0 Å². The lowest BCUT2D eigenvalue weighted by atomic mass is 9.84. The molecule has 0 aliphatic carbocycles. The monoisotopic (exact) mass is 521 g/mol. The molecule has 0 radical (unpaired) electrons. The quantitative estimate of drug-likeness (QED) is 0.326. The van der Waals surface area contributed by atoms with Crippen molar-refractivity contribution < 1.29 is 19.1 Å². The minimum atomic E-state index is -1.25. The Labute approximate surface area is 206 Å². The topological polar surface area (TPSA) is 89.0 Å². The first-order valence-corrected chi connectivity index (χ1v) is 11.6. The fraction of sp³-hybridized carbons (Fsp3) is 0.192. The highest BCUT2D eigenvalue weighted by atomic mass is 79.9. The summed E-state index contributed by atoms with van der Waals surface area (Å²) in [5.74, 6) is -0.146. The molecule has 1 aliphatic rings. The summed E-state index contributed by atoms with van der Waals surface area (Å²) in [6, 6.07) is 22.8. The highest BCUT2D eigenvalue weighted by Crippen LogP contribution is 2.39. The number of amides is 1. The van der Waals surface area contributed by atoms with Crippen molar-refractivity contribution in [3.05, 3.63) is 99.5 Å². The van der Waals surface area contributed by atoms with Crippen molar-refractivity contribution >= 4 is 39.6 Å². The van der Waals surface area contributed by atoms with Gasteiger partial charge in [0.05, 0.1) is 12.3 Å². The highest BCUT2D eigenvalue weighted by Gasteiger charge is 2.48. The zero-order valence-electron chi connectivity index (χ0n) is 18.8. The molecule has 0 saturated carbocycles. The van der Waals surface area contributed by atoms with Gasteiger partial charge < -0.3 is 9.47 Å². The van der Waals surface area contributed by atoms with Crippen LogP contribution in [0.1, 0.15) is 29.2 Å². The van der Waals surface area contributed by atoms with E-state index >= 15 is 0 Å². The first-order valence-electron chi connectivity index (χ1n) is 10.8. The van der Waals surface area contributed by atoms with E-state index in [1.165, 1.54) is 0 Å². The van der Waals surface area contributed by atoms with Crippen molar-refractivity contribution in [2.75, 3.05) is 12.0 Å². The second-order valence-electron chi connectivity index (χ2n) is 7.86. The van der Waals surface area contributed by atoms with Crippen LogP contribution in [0.4, 0.5) is 10.5 Å². The highest BCUT2D eigenvalue weighted by molar-refractivity contribution is 9.10. The molecule has 4 rings (SSSR count). The van der Waals surface area contributed by atoms with E-state index in [1.54, 1.807) is 25.1 Å². The Morgan fingerprint density at radius 1 is 1.09 bits per heavy atom. The van der Waals surface area contributed by atoms with E-state index < -0.39 is 17.6 Å². The molecule has 8 heteroatoms. The molecule has 1 aliphatic heterocycles. The number of aliphatic imine (C=N–C) groups is 1. The average Bonchev–Trinajstić information content (AvgIpc) is 3.16. The number of esters is 1. The molecule has 2 N–H and O–H groups in total. The predicted octanol–water partition coefficient (Wildman–Crippen LogP) is 5.27. The number of cyclic esters (lactones) is 1. The van der Waals surface area contributed by atoms with E-state index in [2.05, 4.69) is 26.8 Å². The first-order chi connectivity index (χ1) is 16.4. The minimum absolute atomic E-state index is 0.263. The second kappa shape index (κ2) is 10.1. The maximum atomic E-state index is 13.4. The zero-order chi connectivity index (χ0) is 24.1. The molecule has 0 fully saturated rings. The number of hydrazine groups is 1. The Hall–Kier alpha value is -3.65. The molecule has 1 amide bonds. The Morgan fingerprint density at radius 3 is 2.50 bits per heavy atom. The molecular weight excluding hydrogens is 498 g/mol. The summed E-state index contributed by atoms with van der Waals surface area (Å²) < 4.78 is 11.2. The van der Waals surface area contributed by atoms with Gasteiger partial charge in [-0.15, -0.1) is 0 Å². The van der Waals surface area contributed by atoms with E-state index in [-0.39, 0.29) is 6.61 Å². The lowest BCUT2D eigenvalue weighted by Gasteiger charge is -2.24. The molecule has 3 aromatic rings. The molecular formula is C26H24BrN3O4. The van der Waals surface area contributed by atoms with Gasteiger partial charge in [-0.3, -0.25) is 5.43 Å². The number of hydrogen-bond acceptors (Lipinski definition) is 6. The SMILES string of the molecule is CCOC(=O)NNc1ccc([C@@]2(Cc3ccccc3)N=C(c3ccc(C)cc3)OC2=O)cc1Br. The van der Waals surface area contributed by atoms with Crippen LogP contribution >= 0.6 is 15.9 Å².